The molecule has 2 aromatic carbocycles. The van der Waals surface area contributed by atoms with Crippen LogP contribution in [0.4, 0.5) is 0 Å². The van der Waals surface area contributed by atoms with E-state index in [0.29, 0.717) is 18.1 Å². The van der Waals surface area contributed by atoms with Crippen molar-refractivity contribution in [3.8, 4) is 5.75 Å². The maximum atomic E-state index is 10.5. The SMILES string of the molecule is COc1cc(Br)ccc1C(O)Cc1ccc(C(C)C)cc1. The summed E-state index contributed by atoms with van der Waals surface area (Å²) in [5, 5.41) is 10.5. The third-order valence-electron chi connectivity index (χ3n) is 3.63. The van der Waals surface area contributed by atoms with Crippen LogP contribution in [0, 0.1) is 0 Å². The number of aliphatic hydroxyl groups excluding tert-OH is 1. The Morgan fingerprint density at radius 2 is 1.76 bits per heavy atom. The second kappa shape index (κ2) is 7.10. The zero-order chi connectivity index (χ0) is 15.4. The minimum Gasteiger partial charge on any atom is -0.496 e. The van der Waals surface area contributed by atoms with Gasteiger partial charge >= 0.3 is 0 Å². The van der Waals surface area contributed by atoms with Crippen molar-refractivity contribution < 1.29 is 9.84 Å². The van der Waals surface area contributed by atoms with Gasteiger partial charge in [0, 0.05) is 16.5 Å². The van der Waals surface area contributed by atoms with Gasteiger partial charge in [0.2, 0.25) is 0 Å². The Kier molecular flexibility index (Phi) is 5.43. The summed E-state index contributed by atoms with van der Waals surface area (Å²) in [7, 11) is 1.62. The summed E-state index contributed by atoms with van der Waals surface area (Å²) in [5.41, 5.74) is 3.25. The molecule has 0 aliphatic carbocycles. The molecule has 0 aromatic heterocycles. The van der Waals surface area contributed by atoms with Gasteiger partial charge < -0.3 is 9.84 Å². The van der Waals surface area contributed by atoms with E-state index < -0.39 is 6.10 Å². The van der Waals surface area contributed by atoms with E-state index in [2.05, 4.69) is 54.0 Å². The molecule has 2 rings (SSSR count). The molecular formula is C18H21BrO2. The molecule has 1 unspecified atom stereocenters. The van der Waals surface area contributed by atoms with Crippen molar-refractivity contribution in [3.63, 3.8) is 0 Å². The van der Waals surface area contributed by atoms with Crippen LogP contribution in [0.1, 0.15) is 42.6 Å². The third-order valence-corrected chi connectivity index (χ3v) is 4.12. The highest BCUT2D eigenvalue weighted by Gasteiger charge is 2.14. The Morgan fingerprint density at radius 1 is 1.10 bits per heavy atom. The predicted octanol–water partition coefficient (Wildman–Crippen LogP) is 4.86. The lowest BCUT2D eigenvalue weighted by atomic mass is 9.97. The molecule has 0 aliphatic rings. The van der Waals surface area contributed by atoms with E-state index >= 15 is 0 Å². The first-order valence-electron chi connectivity index (χ1n) is 7.11. The fourth-order valence-corrected chi connectivity index (χ4v) is 2.67. The summed E-state index contributed by atoms with van der Waals surface area (Å²) >= 11 is 3.41. The van der Waals surface area contributed by atoms with Gasteiger partial charge in [0.1, 0.15) is 5.75 Å². The van der Waals surface area contributed by atoms with Gasteiger partial charge in [0.05, 0.1) is 13.2 Å². The smallest absolute Gasteiger partial charge is 0.125 e. The Morgan fingerprint density at radius 3 is 2.33 bits per heavy atom. The molecule has 1 atom stereocenters. The van der Waals surface area contributed by atoms with Gasteiger partial charge in [-0.2, -0.15) is 0 Å². The van der Waals surface area contributed by atoms with Crippen LogP contribution in [0.2, 0.25) is 0 Å². The first-order valence-corrected chi connectivity index (χ1v) is 7.91. The summed E-state index contributed by atoms with van der Waals surface area (Å²) in [5.74, 6) is 1.23. The van der Waals surface area contributed by atoms with Gasteiger partial charge in [-0.1, -0.05) is 60.1 Å². The molecule has 2 aromatic rings. The topological polar surface area (TPSA) is 29.5 Å². The second-order valence-corrected chi connectivity index (χ2v) is 6.42. The van der Waals surface area contributed by atoms with Crippen LogP contribution >= 0.6 is 15.9 Å². The number of aliphatic hydroxyl groups is 1. The molecule has 3 heteroatoms. The van der Waals surface area contributed by atoms with Crippen molar-refractivity contribution in [2.45, 2.75) is 32.3 Å². The molecule has 0 spiro atoms. The van der Waals surface area contributed by atoms with Crippen molar-refractivity contribution in [2.24, 2.45) is 0 Å². The van der Waals surface area contributed by atoms with Gasteiger partial charge in [-0.15, -0.1) is 0 Å². The molecule has 0 fully saturated rings. The summed E-state index contributed by atoms with van der Waals surface area (Å²) in [4.78, 5) is 0. The van der Waals surface area contributed by atoms with E-state index in [9.17, 15) is 5.11 Å². The summed E-state index contributed by atoms with van der Waals surface area (Å²) in [6.45, 7) is 4.35. The van der Waals surface area contributed by atoms with Crippen LogP contribution < -0.4 is 4.74 Å². The third kappa shape index (κ3) is 4.08. The number of halogens is 1. The summed E-state index contributed by atoms with van der Waals surface area (Å²) in [6.07, 6.45) is 0.00839. The highest BCUT2D eigenvalue weighted by molar-refractivity contribution is 9.10. The fourth-order valence-electron chi connectivity index (χ4n) is 2.33. The standard InChI is InChI=1S/C18H21BrO2/c1-12(2)14-6-4-13(5-7-14)10-17(20)16-9-8-15(19)11-18(16)21-3/h4-9,11-12,17,20H,10H2,1-3H3. The minimum atomic E-state index is -0.571. The van der Waals surface area contributed by atoms with Gasteiger partial charge in [-0.3, -0.25) is 0 Å². The van der Waals surface area contributed by atoms with Crippen LogP contribution in [0.25, 0.3) is 0 Å². The predicted molar refractivity (Wildman–Crippen MR) is 89.9 cm³/mol. The molecule has 0 saturated heterocycles. The maximum absolute atomic E-state index is 10.5. The minimum absolute atomic E-state index is 0.524. The lowest BCUT2D eigenvalue weighted by Crippen LogP contribution is -2.04. The lowest BCUT2D eigenvalue weighted by molar-refractivity contribution is 0.174. The maximum Gasteiger partial charge on any atom is 0.125 e. The van der Waals surface area contributed by atoms with Crippen molar-refractivity contribution in [1.82, 2.24) is 0 Å². The van der Waals surface area contributed by atoms with E-state index in [0.717, 1.165) is 15.6 Å². The number of hydrogen-bond acceptors (Lipinski definition) is 2. The van der Waals surface area contributed by atoms with Crippen molar-refractivity contribution in [2.75, 3.05) is 7.11 Å². The average molecular weight is 349 g/mol. The average Bonchev–Trinajstić information content (AvgIpc) is 2.47. The second-order valence-electron chi connectivity index (χ2n) is 5.50. The highest BCUT2D eigenvalue weighted by Crippen LogP contribution is 2.30. The Balaban J connectivity index is 2.15. The van der Waals surface area contributed by atoms with E-state index in [1.165, 1.54) is 5.56 Å². The van der Waals surface area contributed by atoms with Crippen molar-refractivity contribution >= 4 is 15.9 Å². The van der Waals surface area contributed by atoms with Gasteiger partial charge in [-0.05, 0) is 29.2 Å². The van der Waals surface area contributed by atoms with Crippen molar-refractivity contribution in [3.05, 3.63) is 63.6 Å². The molecule has 2 nitrogen and oxygen atoms in total. The van der Waals surface area contributed by atoms with E-state index in [1.54, 1.807) is 7.11 Å². The normalized spacial score (nSPS) is 12.5. The van der Waals surface area contributed by atoms with Gasteiger partial charge in [0.15, 0.2) is 0 Å². The molecule has 112 valence electrons. The molecule has 1 N–H and O–H groups in total. The molecule has 21 heavy (non-hydrogen) atoms. The van der Waals surface area contributed by atoms with Crippen molar-refractivity contribution in [1.29, 1.82) is 0 Å². The van der Waals surface area contributed by atoms with Gasteiger partial charge in [-0.25, -0.2) is 0 Å². The largest absolute Gasteiger partial charge is 0.496 e. The quantitative estimate of drug-likeness (QED) is 0.836. The first-order chi connectivity index (χ1) is 10.0. The zero-order valence-corrected chi connectivity index (χ0v) is 14.2. The molecule has 0 radical (unpaired) electrons. The van der Waals surface area contributed by atoms with E-state index in [-0.39, 0.29) is 0 Å². The Labute approximate surface area is 134 Å². The Bertz CT molecular complexity index is 591. The first kappa shape index (κ1) is 16.1. The lowest BCUT2D eigenvalue weighted by Gasteiger charge is -2.16. The molecule has 0 amide bonds. The summed E-state index contributed by atoms with van der Waals surface area (Å²) < 4.78 is 6.29. The van der Waals surface area contributed by atoms with Crippen LogP contribution in [0.3, 0.4) is 0 Å². The molecular weight excluding hydrogens is 328 g/mol. The monoisotopic (exact) mass is 348 g/mol. The zero-order valence-electron chi connectivity index (χ0n) is 12.6. The number of benzene rings is 2. The van der Waals surface area contributed by atoms with Gasteiger partial charge in [0.25, 0.3) is 0 Å². The van der Waals surface area contributed by atoms with Crippen LogP contribution in [0.5, 0.6) is 5.75 Å². The molecule has 0 saturated carbocycles. The fraction of sp³-hybridized carbons (Fsp3) is 0.333. The molecule has 0 aliphatic heterocycles. The highest BCUT2D eigenvalue weighted by atomic mass is 79.9. The number of rotatable bonds is 5. The summed E-state index contributed by atoms with van der Waals surface area (Å²) in [6, 6.07) is 14.1. The number of hydrogen-bond donors (Lipinski definition) is 1. The van der Waals surface area contributed by atoms with Crippen LogP contribution in [0.15, 0.2) is 46.9 Å². The number of ether oxygens (including phenoxy) is 1. The Hall–Kier alpha value is -1.32. The van der Waals surface area contributed by atoms with Crippen LogP contribution in [-0.2, 0) is 6.42 Å². The molecule has 0 heterocycles. The number of methoxy groups -OCH3 is 1. The van der Waals surface area contributed by atoms with E-state index in [4.69, 9.17) is 4.74 Å². The van der Waals surface area contributed by atoms with Crippen LogP contribution in [-0.4, -0.2) is 12.2 Å². The van der Waals surface area contributed by atoms with E-state index in [1.807, 2.05) is 18.2 Å². The molecule has 0 bridgehead atoms.